The number of rotatable bonds is 3. The molecule has 0 fully saturated rings. The summed E-state index contributed by atoms with van der Waals surface area (Å²) in [5, 5.41) is 0.771. The zero-order chi connectivity index (χ0) is 9.84. The first kappa shape index (κ1) is 10.6. The Morgan fingerprint density at radius 1 is 1.31 bits per heavy atom. The molecular weight excluding hydrogens is 182 g/mol. The molecule has 1 rings (SSSR count). The van der Waals surface area contributed by atoms with Crippen molar-refractivity contribution in [1.29, 1.82) is 0 Å². The SMILES string of the molecule is CC(C)Cc1ccc(Cl)cc1CN. The molecule has 1 aromatic rings. The van der Waals surface area contributed by atoms with Gasteiger partial charge in [0.25, 0.3) is 0 Å². The largest absolute Gasteiger partial charge is 0.326 e. The van der Waals surface area contributed by atoms with Crippen molar-refractivity contribution in [3.8, 4) is 0 Å². The van der Waals surface area contributed by atoms with Crippen molar-refractivity contribution in [3.05, 3.63) is 34.3 Å². The van der Waals surface area contributed by atoms with Crippen molar-refractivity contribution in [2.75, 3.05) is 0 Å². The maximum atomic E-state index is 5.88. The quantitative estimate of drug-likeness (QED) is 0.792. The van der Waals surface area contributed by atoms with Crippen LogP contribution in [0.5, 0.6) is 0 Å². The summed E-state index contributed by atoms with van der Waals surface area (Å²) in [5.74, 6) is 0.659. The summed E-state index contributed by atoms with van der Waals surface area (Å²) in [4.78, 5) is 0. The van der Waals surface area contributed by atoms with Gasteiger partial charge < -0.3 is 5.73 Å². The van der Waals surface area contributed by atoms with Crippen LogP contribution in [0.4, 0.5) is 0 Å². The van der Waals surface area contributed by atoms with Crippen molar-refractivity contribution < 1.29 is 0 Å². The first-order valence-electron chi connectivity index (χ1n) is 4.61. The molecule has 0 saturated carbocycles. The van der Waals surface area contributed by atoms with Gasteiger partial charge in [0.2, 0.25) is 0 Å². The Hall–Kier alpha value is -0.530. The Morgan fingerprint density at radius 3 is 2.54 bits per heavy atom. The zero-order valence-corrected chi connectivity index (χ0v) is 8.93. The van der Waals surface area contributed by atoms with Gasteiger partial charge in [0.05, 0.1) is 0 Å². The molecule has 0 saturated heterocycles. The van der Waals surface area contributed by atoms with Crippen LogP contribution in [0.2, 0.25) is 5.02 Å². The summed E-state index contributed by atoms with van der Waals surface area (Å²) < 4.78 is 0. The minimum absolute atomic E-state index is 0.572. The number of hydrogen-bond donors (Lipinski definition) is 1. The Kier molecular flexibility index (Phi) is 3.76. The molecule has 0 amide bonds. The number of hydrogen-bond acceptors (Lipinski definition) is 1. The second-order valence-corrected chi connectivity index (χ2v) is 4.15. The lowest BCUT2D eigenvalue weighted by molar-refractivity contribution is 0.643. The summed E-state index contributed by atoms with van der Waals surface area (Å²) in [6.45, 7) is 4.98. The van der Waals surface area contributed by atoms with Crippen LogP contribution < -0.4 is 5.73 Å². The van der Waals surface area contributed by atoms with Crippen LogP contribution >= 0.6 is 11.6 Å². The highest BCUT2D eigenvalue weighted by atomic mass is 35.5. The fourth-order valence-electron chi connectivity index (χ4n) is 1.42. The topological polar surface area (TPSA) is 26.0 Å². The maximum Gasteiger partial charge on any atom is 0.0409 e. The average molecular weight is 198 g/mol. The van der Waals surface area contributed by atoms with Crippen molar-refractivity contribution in [3.63, 3.8) is 0 Å². The Morgan fingerprint density at radius 2 is 2.00 bits per heavy atom. The van der Waals surface area contributed by atoms with E-state index in [9.17, 15) is 0 Å². The van der Waals surface area contributed by atoms with E-state index in [4.69, 9.17) is 17.3 Å². The molecule has 1 aromatic carbocycles. The molecule has 0 atom stereocenters. The predicted molar refractivity (Wildman–Crippen MR) is 57.9 cm³/mol. The molecule has 1 nitrogen and oxygen atoms in total. The number of halogens is 1. The van der Waals surface area contributed by atoms with Crippen molar-refractivity contribution in [2.45, 2.75) is 26.8 Å². The smallest absolute Gasteiger partial charge is 0.0409 e. The molecule has 2 heteroatoms. The van der Waals surface area contributed by atoms with Gasteiger partial charge in [0.15, 0.2) is 0 Å². The lowest BCUT2D eigenvalue weighted by Gasteiger charge is -2.10. The third kappa shape index (κ3) is 3.02. The molecule has 2 N–H and O–H groups in total. The third-order valence-electron chi connectivity index (χ3n) is 2.02. The van der Waals surface area contributed by atoms with E-state index in [2.05, 4.69) is 19.9 Å². The molecule has 0 spiro atoms. The van der Waals surface area contributed by atoms with E-state index >= 15 is 0 Å². The van der Waals surface area contributed by atoms with Gasteiger partial charge in [-0.3, -0.25) is 0 Å². The van der Waals surface area contributed by atoms with Gasteiger partial charge in [-0.1, -0.05) is 31.5 Å². The molecule has 0 aliphatic heterocycles. The second-order valence-electron chi connectivity index (χ2n) is 3.72. The van der Waals surface area contributed by atoms with Gasteiger partial charge in [-0.2, -0.15) is 0 Å². The van der Waals surface area contributed by atoms with Gasteiger partial charge in [-0.15, -0.1) is 0 Å². The van der Waals surface area contributed by atoms with E-state index in [0.29, 0.717) is 12.5 Å². The molecule has 0 aromatic heterocycles. The molecule has 0 heterocycles. The Bertz CT molecular complexity index is 281. The van der Waals surface area contributed by atoms with Gasteiger partial charge in [0, 0.05) is 11.6 Å². The highest BCUT2D eigenvalue weighted by molar-refractivity contribution is 6.30. The molecule has 72 valence electrons. The lowest BCUT2D eigenvalue weighted by atomic mass is 9.98. The zero-order valence-electron chi connectivity index (χ0n) is 8.18. The molecular formula is C11H16ClN. The predicted octanol–water partition coefficient (Wildman–Crippen LogP) is 3.00. The van der Waals surface area contributed by atoms with Gasteiger partial charge in [0.1, 0.15) is 0 Å². The summed E-state index contributed by atoms with van der Waals surface area (Å²) in [5.41, 5.74) is 8.13. The monoisotopic (exact) mass is 197 g/mol. The first-order valence-corrected chi connectivity index (χ1v) is 4.98. The molecule has 0 radical (unpaired) electrons. The van der Waals surface area contributed by atoms with Gasteiger partial charge in [-0.25, -0.2) is 0 Å². The van der Waals surface area contributed by atoms with Crippen LogP contribution in [0.15, 0.2) is 18.2 Å². The standard InChI is InChI=1S/C11H16ClN/c1-8(2)5-9-3-4-11(12)6-10(9)7-13/h3-4,6,8H,5,7,13H2,1-2H3. The Balaban J connectivity index is 2.92. The Labute approximate surface area is 84.9 Å². The van der Waals surface area contributed by atoms with E-state index in [-0.39, 0.29) is 0 Å². The van der Waals surface area contributed by atoms with Gasteiger partial charge in [-0.05, 0) is 35.6 Å². The summed E-state index contributed by atoms with van der Waals surface area (Å²) >= 11 is 5.88. The molecule has 0 unspecified atom stereocenters. The fraction of sp³-hybridized carbons (Fsp3) is 0.455. The van der Waals surface area contributed by atoms with Crippen LogP contribution in [0.3, 0.4) is 0 Å². The number of benzene rings is 1. The molecule has 0 aliphatic carbocycles. The van der Waals surface area contributed by atoms with Crippen molar-refractivity contribution >= 4 is 11.6 Å². The van der Waals surface area contributed by atoms with Crippen LogP contribution in [-0.4, -0.2) is 0 Å². The van der Waals surface area contributed by atoms with E-state index in [0.717, 1.165) is 11.4 Å². The second kappa shape index (κ2) is 4.64. The van der Waals surface area contributed by atoms with E-state index in [1.807, 2.05) is 12.1 Å². The minimum atomic E-state index is 0.572. The highest BCUT2D eigenvalue weighted by Gasteiger charge is 2.03. The van der Waals surface area contributed by atoms with E-state index in [1.165, 1.54) is 11.1 Å². The highest BCUT2D eigenvalue weighted by Crippen LogP contribution is 2.18. The molecule has 13 heavy (non-hydrogen) atoms. The van der Waals surface area contributed by atoms with E-state index < -0.39 is 0 Å². The average Bonchev–Trinajstić information content (AvgIpc) is 2.07. The van der Waals surface area contributed by atoms with Crippen LogP contribution in [0.1, 0.15) is 25.0 Å². The van der Waals surface area contributed by atoms with Gasteiger partial charge >= 0.3 is 0 Å². The summed E-state index contributed by atoms with van der Waals surface area (Å²) in [7, 11) is 0. The first-order chi connectivity index (χ1) is 6.13. The molecule has 0 aliphatic rings. The fourth-order valence-corrected chi connectivity index (χ4v) is 1.62. The number of nitrogens with two attached hydrogens (primary N) is 1. The molecule has 0 bridgehead atoms. The lowest BCUT2D eigenvalue weighted by Crippen LogP contribution is -2.04. The van der Waals surface area contributed by atoms with E-state index in [1.54, 1.807) is 0 Å². The maximum absolute atomic E-state index is 5.88. The third-order valence-corrected chi connectivity index (χ3v) is 2.25. The summed E-state index contributed by atoms with van der Waals surface area (Å²) in [6.07, 6.45) is 1.07. The van der Waals surface area contributed by atoms with Crippen LogP contribution in [0, 0.1) is 5.92 Å². The summed E-state index contributed by atoms with van der Waals surface area (Å²) in [6, 6.07) is 5.96. The normalized spacial score (nSPS) is 10.8. The van der Waals surface area contributed by atoms with Crippen LogP contribution in [0.25, 0.3) is 0 Å². The van der Waals surface area contributed by atoms with Crippen molar-refractivity contribution in [1.82, 2.24) is 0 Å². The minimum Gasteiger partial charge on any atom is -0.326 e. The van der Waals surface area contributed by atoms with Crippen molar-refractivity contribution in [2.24, 2.45) is 11.7 Å². The van der Waals surface area contributed by atoms with Crippen LogP contribution in [-0.2, 0) is 13.0 Å².